The van der Waals surface area contributed by atoms with E-state index < -0.39 is 41.6 Å². The lowest BCUT2D eigenvalue weighted by atomic mass is 9.95. The van der Waals surface area contributed by atoms with Gasteiger partial charge in [0.05, 0.1) is 13.0 Å². The Morgan fingerprint density at radius 1 is 0.951 bits per heavy atom. The number of hydrogen-bond donors (Lipinski definition) is 3. The van der Waals surface area contributed by atoms with Crippen LogP contribution in [-0.2, 0) is 23.9 Å². The van der Waals surface area contributed by atoms with E-state index in [2.05, 4.69) is 24.5 Å². The molecular weight excluding hydrogens is 526 g/mol. The molecule has 0 aliphatic rings. The van der Waals surface area contributed by atoms with Gasteiger partial charge < -0.3 is 30.1 Å². The van der Waals surface area contributed by atoms with Gasteiger partial charge in [0, 0.05) is 12.6 Å². The molecule has 0 heterocycles. The molecule has 3 N–H and O–H groups in total. The molecule has 1 aromatic carbocycles. The maximum Gasteiger partial charge on any atom is 0.408 e. The molecular formula is C31H51N3O7. The zero-order valence-corrected chi connectivity index (χ0v) is 26.3. The molecule has 0 spiro atoms. The fourth-order valence-electron chi connectivity index (χ4n) is 4.35. The Bertz CT molecular complexity index is 986. The Balaban J connectivity index is 3.55. The number of phenolic OH excluding ortho intramolecular Hbond substituents is 1. The molecule has 41 heavy (non-hydrogen) atoms. The van der Waals surface area contributed by atoms with E-state index in [1.54, 1.807) is 39.8 Å². The van der Waals surface area contributed by atoms with Gasteiger partial charge in [-0.25, -0.2) is 4.79 Å². The number of carbonyl (C=O) groups excluding carboxylic acids is 4. The van der Waals surface area contributed by atoms with E-state index in [4.69, 9.17) is 9.47 Å². The number of nitrogens with zero attached hydrogens (tertiary/aromatic N) is 1. The van der Waals surface area contributed by atoms with Crippen LogP contribution >= 0.6 is 0 Å². The van der Waals surface area contributed by atoms with Gasteiger partial charge in [0.15, 0.2) is 0 Å². The summed E-state index contributed by atoms with van der Waals surface area (Å²) in [5, 5.41) is 15.4. The van der Waals surface area contributed by atoms with Gasteiger partial charge in [-0.1, -0.05) is 39.8 Å². The molecule has 0 saturated carbocycles. The molecule has 232 valence electrons. The number of alkyl carbamates (subject to hydrolysis) is 1. The first-order valence-electron chi connectivity index (χ1n) is 14.6. The van der Waals surface area contributed by atoms with Crippen LogP contribution < -0.4 is 10.6 Å². The van der Waals surface area contributed by atoms with E-state index in [0.717, 1.165) is 6.42 Å². The molecule has 3 amide bonds. The minimum Gasteiger partial charge on any atom is -0.508 e. The van der Waals surface area contributed by atoms with Gasteiger partial charge in [0.25, 0.3) is 0 Å². The Labute approximate surface area is 245 Å². The summed E-state index contributed by atoms with van der Waals surface area (Å²) in [6.45, 7) is 17.2. The van der Waals surface area contributed by atoms with Crippen LogP contribution in [0, 0.1) is 11.8 Å². The maximum atomic E-state index is 14.4. The van der Waals surface area contributed by atoms with E-state index in [1.165, 1.54) is 17.0 Å². The van der Waals surface area contributed by atoms with Crippen molar-refractivity contribution in [3.63, 3.8) is 0 Å². The third-order valence-electron chi connectivity index (χ3n) is 6.26. The molecule has 0 aromatic heterocycles. The maximum absolute atomic E-state index is 14.4. The Kier molecular flexibility index (Phi) is 14.7. The van der Waals surface area contributed by atoms with Crippen molar-refractivity contribution in [2.45, 2.75) is 112 Å². The predicted molar refractivity (Wildman–Crippen MR) is 158 cm³/mol. The van der Waals surface area contributed by atoms with Crippen LogP contribution in [0.3, 0.4) is 0 Å². The van der Waals surface area contributed by atoms with Crippen LogP contribution in [0.4, 0.5) is 4.79 Å². The standard InChI is InChI=1S/C31H51N3O7/c1-10-40-26(36)17-18-32-28(37)27(23-13-15-24(35)16-14-23)34(22(6)12-11-20(2)3)29(38)25(19-21(4)5)33-30(39)41-31(7,8)9/h13-16,20-22,25,27,35H,10-12,17-19H2,1-9H3,(H,32,37)(H,33,39). The van der Waals surface area contributed by atoms with Crippen molar-refractivity contribution >= 4 is 23.9 Å². The number of ether oxygens (including phenoxy) is 2. The summed E-state index contributed by atoms with van der Waals surface area (Å²) in [7, 11) is 0. The molecule has 3 unspecified atom stereocenters. The first kappa shape index (κ1) is 35.7. The van der Waals surface area contributed by atoms with E-state index in [1.807, 2.05) is 20.8 Å². The summed E-state index contributed by atoms with van der Waals surface area (Å²) in [6, 6.07) is 3.70. The van der Waals surface area contributed by atoms with E-state index in [0.29, 0.717) is 24.3 Å². The average molecular weight is 578 g/mol. The number of rotatable bonds is 15. The van der Waals surface area contributed by atoms with E-state index in [-0.39, 0.29) is 37.3 Å². The predicted octanol–water partition coefficient (Wildman–Crippen LogP) is 5.10. The second kappa shape index (κ2) is 16.8. The summed E-state index contributed by atoms with van der Waals surface area (Å²) in [4.78, 5) is 54.3. The first-order chi connectivity index (χ1) is 19.0. The lowest BCUT2D eigenvalue weighted by molar-refractivity contribution is -0.146. The van der Waals surface area contributed by atoms with Crippen LogP contribution in [-0.4, -0.2) is 64.7 Å². The number of hydrogen-bond acceptors (Lipinski definition) is 7. The van der Waals surface area contributed by atoms with Gasteiger partial charge in [0.1, 0.15) is 23.4 Å². The minimum absolute atomic E-state index is 0.0187. The topological polar surface area (TPSA) is 134 Å². The average Bonchev–Trinajstić information content (AvgIpc) is 2.84. The quantitative estimate of drug-likeness (QED) is 0.247. The van der Waals surface area contributed by atoms with Crippen LogP contribution in [0.25, 0.3) is 0 Å². The molecule has 0 aliphatic carbocycles. The fourth-order valence-corrected chi connectivity index (χ4v) is 4.35. The molecule has 0 fully saturated rings. The Morgan fingerprint density at radius 3 is 2.07 bits per heavy atom. The molecule has 3 atom stereocenters. The highest BCUT2D eigenvalue weighted by molar-refractivity contribution is 5.92. The second-order valence-corrected chi connectivity index (χ2v) is 12.2. The highest BCUT2D eigenvalue weighted by Gasteiger charge is 2.39. The van der Waals surface area contributed by atoms with Crippen molar-refractivity contribution in [2.75, 3.05) is 13.2 Å². The normalized spacial score (nSPS) is 13.7. The zero-order chi connectivity index (χ0) is 31.3. The fraction of sp³-hybridized carbons (Fsp3) is 0.677. The zero-order valence-electron chi connectivity index (χ0n) is 26.3. The molecule has 10 nitrogen and oxygen atoms in total. The SMILES string of the molecule is CCOC(=O)CCNC(=O)C(c1ccc(O)cc1)N(C(=O)C(CC(C)C)NC(=O)OC(C)(C)C)C(C)CCC(C)C. The molecule has 0 bridgehead atoms. The smallest absolute Gasteiger partial charge is 0.408 e. The van der Waals surface area contributed by atoms with Gasteiger partial charge in [-0.3, -0.25) is 14.4 Å². The number of phenols is 1. The number of benzene rings is 1. The summed E-state index contributed by atoms with van der Waals surface area (Å²) >= 11 is 0. The van der Waals surface area contributed by atoms with Gasteiger partial charge in [-0.15, -0.1) is 0 Å². The summed E-state index contributed by atoms with van der Waals surface area (Å²) in [5.74, 6) is -0.899. The Morgan fingerprint density at radius 2 is 1.56 bits per heavy atom. The number of esters is 1. The van der Waals surface area contributed by atoms with Gasteiger partial charge in [-0.05, 0) is 83.4 Å². The lowest BCUT2D eigenvalue weighted by Crippen LogP contribution is -2.56. The highest BCUT2D eigenvalue weighted by Crippen LogP contribution is 2.29. The molecule has 0 radical (unpaired) electrons. The van der Waals surface area contributed by atoms with E-state index in [9.17, 15) is 24.3 Å². The molecule has 0 aliphatic heterocycles. The van der Waals surface area contributed by atoms with Crippen molar-refractivity contribution < 1.29 is 33.8 Å². The van der Waals surface area contributed by atoms with Crippen molar-refractivity contribution in [1.29, 1.82) is 0 Å². The summed E-state index contributed by atoms with van der Waals surface area (Å²) in [6.07, 6.45) is 1.03. The number of nitrogens with one attached hydrogen (secondary N) is 2. The molecule has 10 heteroatoms. The van der Waals surface area contributed by atoms with Crippen molar-refractivity contribution in [2.24, 2.45) is 11.8 Å². The van der Waals surface area contributed by atoms with Crippen molar-refractivity contribution in [3.05, 3.63) is 29.8 Å². The molecule has 1 rings (SSSR count). The van der Waals surface area contributed by atoms with Crippen LogP contribution in [0.15, 0.2) is 24.3 Å². The first-order valence-corrected chi connectivity index (χ1v) is 14.6. The van der Waals surface area contributed by atoms with Gasteiger partial charge >= 0.3 is 12.1 Å². The number of amides is 3. The highest BCUT2D eigenvalue weighted by atomic mass is 16.6. The van der Waals surface area contributed by atoms with Crippen molar-refractivity contribution in [3.8, 4) is 5.75 Å². The summed E-state index contributed by atoms with van der Waals surface area (Å²) < 4.78 is 10.4. The van der Waals surface area contributed by atoms with Gasteiger partial charge in [-0.2, -0.15) is 0 Å². The minimum atomic E-state index is -1.08. The number of aromatic hydroxyl groups is 1. The lowest BCUT2D eigenvalue weighted by Gasteiger charge is -2.39. The van der Waals surface area contributed by atoms with Crippen molar-refractivity contribution in [1.82, 2.24) is 15.5 Å². The largest absolute Gasteiger partial charge is 0.508 e. The second-order valence-electron chi connectivity index (χ2n) is 12.2. The number of carbonyl (C=O) groups is 4. The Hall–Kier alpha value is -3.30. The van der Waals surface area contributed by atoms with Crippen LogP contribution in [0.1, 0.15) is 99.6 Å². The molecule has 1 aromatic rings. The monoisotopic (exact) mass is 577 g/mol. The third-order valence-corrected chi connectivity index (χ3v) is 6.26. The van der Waals surface area contributed by atoms with Gasteiger partial charge in [0.2, 0.25) is 11.8 Å². The van der Waals surface area contributed by atoms with E-state index >= 15 is 0 Å². The third kappa shape index (κ3) is 13.3. The molecule has 0 saturated heterocycles. The summed E-state index contributed by atoms with van der Waals surface area (Å²) in [5.41, 5.74) is -0.269. The van der Waals surface area contributed by atoms with Crippen LogP contribution in [0.2, 0.25) is 0 Å². The van der Waals surface area contributed by atoms with Crippen LogP contribution in [0.5, 0.6) is 5.75 Å².